The van der Waals surface area contributed by atoms with E-state index in [2.05, 4.69) is 9.72 Å². The minimum atomic E-state index is -0.888. The van der Waals surface area contributed by atoms with Crippen molar-refractivity contribution in [3.63, 3.8) is 0 Å². The van der Waals surface area contributed by atoms with Crippen molar-refractivity contribution in [1.29, 1.82) is 5.26 Å². The van der Waals surface area contributed by atoms with Gasteiger partial charge in [-0.05, 0) is 13.0 Å². The van der Waals surface area contributed by atoms with Gasteiger partial charge in [-0.25, -0.2) is 9.78 Å². The second kappa shape index (κ2) is 4.33. The second-order valence-corrected chi connectivity index (χ2v) is 2.39. The number of nitriles is 1. The molecule has 1 heterocycles. The number of halogens is 1. The van der Waals surface area contributed by atoms with Crippen LogP contribution in [-0.4, -0.2) is 17.6 Å². The predicted molar refractivity (Wildman–Crippen MR) is 44.9 cm³/mol. The van der Waals surface area contributed by atoms with Crippen LogP contribution in [0.1, 0.15) is 22.8 Å². The van der Waals surface area contributed by atoms with Gasteiger partial charge in [-0.3, -0.25) is 0 Å². The van der Waals surface area contributed by atoms with Gasteiger partial charge in [0.25, 0.3) is 0 Å². The Morgan fingerprint density at radius 3 is 3.07 bits per heavy atom. The zero-order valence-corrected chi connectivity index (χ0v) is 7.45. The van der Waals surface area contributed by atoms with Gasteiger partial charge in [0, 0.05) is 6.20 Å². The zero-order valence-electron chi connectivity index (χ0n) is 7.45. The summed E-state index contributed by atoms with van der Waals surface area (Å²) in [6.45, 7) is 1.87. The average molecular weight is 194 g/mol. The Hall–Kier alpha value is -1.96. The van der Waals surface area contributed by atoms with Crippen LogP contribution >= 0.6 is 0 Å². The van der Waals surface area contributed by atoms with Crippen molar-refractivity contribution in [1.82, 2.24) is 4.98 Å². The molecule has 5 heteroatoms. The third-order valence-corrected chi connectivity index (χ3v) is 1.47. The lowest BCUT2D eigenvalue weighted by Crippen LogP contribution is -2.06. The van der Waals surface area contributed by atoms with E-state index in [1.807, 2.05) is 0 Å². The summed E-state index contributed by atoms with van der Waals surface area (Å²) in [5.41, 5.74) is -0.194. The molecule has 0 aromatic carbocycles. The summed E-state index contributed by atoms with van der Waals surface area (Å²) in [4.78, 5) is 14.4. The van der Waals surface area contributed by atoms with Crippen LogP contribution in [0.4, 0.5) is 4.39 Å². The Kier molecular flexibility index (Phi) is 3.13. The first kappa shape index (κ1) is 10.1. The topological polar surface area (TPSA) is 63.0 Å². The normalized spacial score (nSPS) is 9.21. The van der Waals surface area contributed by atoms with Gasteiger partial charge in [-0.1, -0.05) is 0 Å². The van der Waals surface area contributed by atoms with Crippen LogP contribution < -0.4 is 0 Å². The molecule has 0 aliphatic carbocycles. The molecular formula is C9H7FN2O2. The number of hydrogen-bond donors (Lipinski definition) is 0. The van der Waals surface area contributed by atoms with Gasteiger partial charge in [0.1, 0.15) is 11.6 Å². The first-order valence-corrected chi connectivity index (χ1v) is 3.91. The number of hydrogen-bond acceptors (Lipinski definition) is 4. The molecule has 0 amide bonds. The molecule has 0 N–H and O–H groups in total. The van der Waals surface area contributed by atoms with Crippen LogP contribution in [0.15, 0.2) is 12.3 Å². The molecule has 0 atom stereocenters. The molecule has 14 heavy (non-hydrogen) atoms. The lowest BCUT2D eigenvalue weighted by atomic mass is 10.2. The number of carbonyl (C=O) groups is 1. The summed E-state index contributed by atoms with van der Waals surface area (Å²) in [5.74, 6) is -1.50. The van der Waals surface area contributed by atoms with Gasteiger partial charge in [-0.2, -0.15) is 9.65 Å². The van der Waals surface area contributed by atoms with E-state index in [4.69, 9.17) is 5.26 Å². The lowest BCUT2D eigenvalue weighted by Gasteiger charge is -2.01. The van der Waals surface area contributed by atoms with E-state index in [9.17, 15) is 9.18 Å². The summed E-state index contributed by atoms with van der Waals surface area (Å²) in [5, 5.41) is 8.47. The van der Waals surface area contributed by atoms with Crippen LogP contribution in [0.5, 0.6) is 0 Å². The van der Waals surface area contributed by atoms with Crippen molar-refractivity contribution in [3.8, 4) is 6.07 Å². The zero-order chi connectivity index (χ0) is 10.6. The van der Waals surface area contributed by atoms with E-state index < -0.39 is 11.9 Å². The van der Waals surface area contributed by atoms with E-state index >= 15 is 0 Å². The van der Waals surface area contributed by atoms with Gasteiger partial charge in [0.05, 0.1) is 12.2 Å². The fraction of sp³-hybridized carbons (Fsp3) is 0.222. The summed E-state index contributed by atoms with van der Waals surface area (Å²) < 4.78 is 17.4. The number of aromatic nitrogens is 1. The maximum absolute atomic E-state index is 12.7. The number of rotatable bonds is 2. The van der Waals surface area contributed by atoms with Gasteiger partial charge in [0.15, 0.2) is 0 Å². The van der Waals surface area contributed by atoms with Gasteiger partial charge in [0.2, 0.25) is 5.95 Å². The highest BCUT2D eigenvalue weighted by Crippen LogP contribution is 2.07. The highest BCUT2D eigenvalue weighted by molar-refractivity contribution is 5.89. The molecule has 0 spiro atoms. The van der Waals surface area contributed by atoms with E-state index in [1.165, 1.54) is 0 Å². The molecule has 72 valence electrons. The maximum atomic E-state index is 12.7. The van der Waals surface area contributed by atoms with Crippen molar-refractivity contribution >= 4 is 5.97 Å². The number of pyridine rings is 1. The lowest BCUT2D eigenvalue weighted by molar-refractivity contribution is 0.0525. The SMILES string of the molecule is CCOC(=O)c1cnc(F)c(C#N)c1. The molecule has 0 fully saturated rings. The van der Waals surface area contributed by atoms with E-state index in [0.29, 0.717) is 0 Å². The Labute approximate surface area is 79.9 Å². The molecule has 0 saturated carbocycles. The van der Waals surface area contributed by atoms with Crippen molar-refractivity contribution in [2.45, 2.75) is 6.92 Å². The largest absolute Gasteiger partial charge is 0.462 e. The molecule has 0 aliphatic rings. The van der Waals surface area contributed by atoms with Crippen molar-refractivity contribution in [2.24, 2.45) is 0 Å². The molecule has 1 aromatic rings. The van der Waals surface area contributed by atoms with Crippen molar-refractivity contribution in [3.05, 3.63) is 29.3 Å². The Morgan fingerprint density at radius 2 is 2.50 bits per heavy atom. The van der Waals surface area contributed by atoms with Crippen LogP contribution in [0, 0.1) is 17.3 Å². The first-order chi connectivity index (χ1) is 6.69. The van der Waals surface area contributed by atoms with Gasteiger partial charge in [-0.15, -0.1) is 0 Å². The molecule has 0 radical (unpaired) electrons. The molecule has 0 aliphatic heterocycles. The maximum Gasteiger partial charge on any atom is 0.339 e. The van der Waals surface area contributed by atoms with E-state index in [0.717, 1.165) is 12.3 Å². The molecule has 4 nitrogen and oxygen atoms in total. The molecule has 0 saturated heterocycles. The average Bonchev–Trinajstić information content (AvgIpc) is 2.19. The quantitative estimate of drug-likeness (QED) is 0.525. The minimum Gasteiger partial charge on any atom is -0.462 e. The Morgan fingerprint density at radius 1 is 1.79 bits per heavy atom. The highest BCUT2D eigenvalue weighted by atomic mass is 19.1. The molecule has 0 bridgehead atoms. The van der Waals surface area contributed by atoms with E-state index in [1.54, 1.807) is 13.0 Å². The van der Waals surface area contributed by atoms with Crippen molar-refractivity contribution in [2.75, 3.05) is 6.61 Å². The fourth-order valence-corrected chi connectivity index (χ4v) is 0.853. The second-order valence-electron chi connectivity index (χ2n) is 2.39. The molecular weight excluding hydrogens is 187 g/mol. The summed E-state index contributed by atoms with van der Waals surface area (Å²) in [6.07, 6.45) is 1.04. The first-order valence-electron chi connectivity index (χ1n) is 3.91. The minimum absolute atomic E-state index is 0.0739. The standard InChI is InChI=1S/C9H7FN2O2/c1-2-14-9(13)7-3-6(4-11)8(10)12-5-7/h3,5H,2H2,1H3. The van der Waals surface area contributed by atoms with Crippen LogP contribution in [0.3, 0.4) is 0 Å². The van der Waals surface area contributed by atoms with E-state index in [-0.39, 0.29) is 17.7 Å². The smallest absolute Gasteiger partial charge is 0.339 e. The van der Waals surface area contributed by atoms with Gasteiger partial charge >= 0.3 is 5.97 Å². The summed E-state index contributed by atoms with van der Waals surface area (Å²) >= 11 is 0. The number of nitrogens with zero attached hydrogens (tertiary/aromatic N) is 2. The number of carbonyl (C=O) groups excluding carboxylic acids is 1. The van der Waals surface area contributed by atoms with Gasteiger partial charge < -0.3 is 4.74 Å². The predicted octanol–water partition coefficient (Wildman–Crippen LogP) is 1.27. The number of ether oxygens (including phenoxy) is 1. The molecule has 1 aromatic heterocycles. The van der Waals surface area contributed by atoms with Crippen LogP contribution in [-0.2, 0) is 4.74 Å². The van der Waals surface area contributed by atoms with Crippen molar-refractivity contribution < 1.29 is 13.9 Å². The molecule has 0 unspecified atom stereocenters. The van der Waals surface area contributed by atoms with Crippen LogP contribution in [0.2, 0.25) is 0 Å². The fourth-order valence-electron chi connectivity index (χ4n) is 0.853. The Bertz CT molecular complexity index is 398. The van der Waals surface area contributed by atoms with Crippen LogP contribution in [0.25, 0.3) is 0 Å². The highest BCUT2D eigenvalue weighted by Gasteiger charge is 2.10. The Balaban J connectivity index is 3.02. The number of esters is 1. The molecule has 1 rings (SSSR count). The monoisotopic (exact) mass is 194 g/mol. The third-order valence-electron chi connectivity index (χ3n) is 1.47. The summed E-state index contributed by atoms with van der Waals surface area (Å²) in [7, 11) is 0. The third kappa shape index (κ3) is 2.04. The summed E-state index contributed by atoms with van der Waals surface area (Å²) in [6, 6.07) is 2.70.